The minimum Gasteiger partial charge on any atom is -0.385 e. The molecule has 0 saturated carbocycles. The van der Waals surface area contributed by atoms with Gasteiger partial charge in [0.25, 0.3) is 0 Å². The number of anilines is 1. The lowest BCUT2D eigenvalue weighted by Crippen LogP contribution is -2.32. The van der Waals surface area contributed by atoms with Gasteiger partial charge >= 0.3 is 0 Å². The number of hydrogen-bond donors (Lipinski definition) is 2. The second-order valence-corrected chi connectivity index (χ2v) is 6.16. The molecule has 122 valence electrons. The molecule has 0 aliphatic rings. The molecule has 2 N–H and O–H groups in total. The molecule has 2 aromatic carbocycles. The second-order valence-electron chi connectivity index (χ2n) is 6.16. The third-order valence-electron chi connectivity index (χ3n) is 3.82. The summed E-state index contributed by atoms with van der Waals surface area (Å²) in [6.45, 7) is 2.11. The molecule has 1 atom stereocenters. The molecule has 0 radical (unpaired) electrons. The quantitative estimate of drug-likeness (QED) is 0.862. The normalized spacial score (nSPS) is 13.2. The molecular formula is C19H24N2O2. The molecule has 0 aliphatic carbocycles. The zero-order valence-electron chi connectivity index (χ0n) is 13.9. The van der Waals surface area contributed by atoms with Crippen molar-refractivity contribution in [1.82, 2.24) is 5.32 Å². The van der Waals surface area contributed by atoms with Gasteiger partial charge in [-0.2, -0.15) is 0 Å². The molecular weight excluding hydrogens is 288 g/mol. The smallest absolute Gasteiger partial charge is 0.223 e. The van der Waals surface area contributed by atoms with Crippen LogP contribution in [0.2, 0.25) is 0 Å². The molecule has 0 aliphatic heterocycles. The first-order chi connectivity index (χ1) is 10.9. The fourth-order valence-electron chi connectivity index (χ4n) is 2.42. The van der Waals surface area contributed by atoms with E-state index in [0.29, 0.717) is 6.54 Å². The number of aliphatic hydroxyl groups is 1. The fraction of sp³-hybridized carbons (Fsp3) is 0.316. The lowest BCUT2D eigenvalue weighted by Gasteiger charge is -2.23. The van der Waals surface area contributed by atoms with E-state index in [9.17, 15) is 9.90 Å². The topological polar surface area (TPSA) is 52.6 Å². The molecule has 23 heavy (non-hydrogen) atoms. The molecule has 2 aromatic rings. The monoisotopic (exact) mass is 312 g/mol. The Labute approximate surface area is 137 Å². The van der Waals surface area contributed by atoms with Crippen molar-refractivity contribution < 1.29 is 9.90 Å². The van der Waals surface area contributed by atoms with Gasteiger partial charge in [-0.3, -0.25) is 4.79 Å². The minimum absolute atomic E-state index is 0.0321. The Balaban J connectivity index is 1.94. The molecule has 0 saturated heterocycles. The van der Waals surface area contributed by atoms with E-state index >= 15 is 0 Å². The Morgan fingerprint density at radius 3 is 2.48 bits per heavy atom. The van der Waals surface area contributed by atoms with Gasteiger partial charge in [0, 0.05) is 26.3 Å². The number of carbonyl (C=O) groups excluding carboxylic acids is 1. The van der Waals surface area contributed by atoms with E-state index in [1.807, 2.05) is 73.6 Å². The summed E-state index contributed by atoms with van der Waals surface area (Å²) in [6.07, 6.45) is 0.0321. The maximum Gasteiger partial charge on any atom is 0.223 e. The zero-order valence-corrected chi connectivity index (χ0v) is 13.9. The molecule has 1 amide bonds. The van der Waals surface area contributed by atoms with Crippen molar-refractivity contribution in [3.05, 3.63) is 65.7 Å². The maximum atomic E-state index is 12.1. The Bertz CT molecular complexity index is 651. The van der Waals surface area contributed by atoms with Gasteiger partial charge in [-0.05, 0) is 30.2 Å². The Morgan fingerprint density at radius 1 is 1.13 bits per heavy atom. The molecule has 0 spiro atoms. The second kappa shape index (κ2) is 7.29. The van der Waals surface area contributed by atoms with Gasteiger partial charge in [0.2, 0.25) is 5.91 Å². The number of nitrogens with zero attached hydrogens (tertiary/aromatic N) is 1. The van der Waals surface area contributed by atoms with Crippen molar-refractivity contribution in [3.63, 3.8) is 0 Å². The highest BCUT2D eigenvalue weighted by Gasteiger charge is 2.26. The van der Waals surface area contributed by atoms with Crippen LogP contribution >= 0.6 is 0 Å². The third-order valence-corrected chi connectivity index (χ3v) is 3.82. The summed E-state index contributed by atoms with van der Waals surface area (Å²) in [7, 11) is 3.96. The SMILES string of the molecule is CN(C)c1cccc(CNC(=O)CC(C)(O)c2ccccc2)c1. The number of carbonyl (C=O) groups is 1. The van der Waals surface area contributed by atoms with Crippen molar-refractivity contribution in [2.24, 2.45) is 0 Å². The van der Waals surface area contributed by atoms with Gasteiger partial charge < -0.3 is 15.3 Å². The van der Waals surface area contributed by atoms with Crippen LogP contribution in [0.3, 0.4) is 0 Å². The molecule has 0 heterocycles. The predicted molar refractivity (Wildman–Crippen MR) is 93.2 cm³/mol. The van der Waals surface area contributed by atoms with E-state index in [0.717, 1.165) is 16.8 Å². The van der Waals surface area contributed by atoms with Crippen molar-refractivity contribution in [2.45, 2.75) is 25.5 Å². The van der Waals surface area contributed by atoms with Gasteiger partial charge in [0.15, 0.2) is 0 Å². The van der Waals surface area contributed by atoms with Crippen molar-refractivity contribution in [3.8, 4) is 0 Å². The third kappa shape index (κ3) is 4.83. The molecule has 0 aromatic heterocycles. The van der Waals surface area contributed by atoms with Gasteiger partial charge in [0.05, 0.1) is 12.0 Å². The van der Waals surface area contributed by atoms with E-state index in [4.69, 9.17) is 0 Å². The van der Waals surface area contributed by atoms with Crippen LogP contribution in [0.25, 0.3) is 0 Å². The van der Waals surface area contributed by atoms with Crippen molar-refractivity contribution >= 4 is 11.6 Å². The van der Waals surface area contributed by atoms with Crippen LogP contribution in [-0.4, -0.2) is 25.1 Å². The highest BCUT2D eigenvalue weighted by atomic mass is 16.3. The highest BCUT2D eigenvalue weighted by Crippen LogP contribution is 2.24. The van der Waals surface area contributed by atoms with Crippen molar-refractivity contribution in [1.29, 1.82) is 0 Å². The average Bonchev–Trinajstić information content (AvgIpc) is 2.53. The fourth-order valence-corrected chi connectivity index (χ4v) is 2.42. The van der Waals surface area contributed by atoms with Gasteiger partial charge in [-0.15, -0.1) is 0 Å². The lowest BCUT2D eigenvalue weighted by molar-refractivity contribution is -0.126. The summed E-state index contributed by atoms with van der Waals surface area (Å²) in [5.74, 6) is -0.172. The average molecular weight is 312 g/mol. The number of benzene rings is 2. The number of hydrogen-bond acceptors (Lipinski definition) is 3. The van der Waals surface area contributed by atoms with Crippen molar-refractivity contribution in [2.75, 3.05) is 19.0 Å². The Hall–Kier alpha value is -2.33. The van der Waals surface area contributed by atoms with Crippen LogP contribution in [0.5, 0.6) is 0 Å². The minimum atomic E-state index is -1.17. The number of nitrogens with one attached hydrogen (secondary N) is 1. The van der Waals surface area contributed by atoms with Crippen LogP contribution in [0, 0.1) is 0 Å². The molecule has 2 rings (SSSR count). The molecule has 0 fully saturated rings. The largest absolute Gasteiger partial charge is 0.385 e. The first kappa shape index (κ1) is 17.0. The van der Waals surface area contributed by atoms with E-state index in [1.165, 1.54) is 0 Å². The molecule has 1 unspecified atom stereocenters. The molecule has 4 heteroatoms. The summed E-state index contributed by atoms with van der Waals surface area (Å²) >= 11 is 0. The predicted octanol–water partition coefficient (Wildman–Crippen LogP) is 2.67. The van der Waals surface area contributed by atoms with E-state index in [-0.39, 0.29) is 12.3 Å². The summed E-state index contributed by atoms with van der Waals surface area (Å²) in [5, 5.41) is 13.4. The van der Waals surface area contributed by atoms with Crippen LogP contribution in [0.1, 0.15) is 24.5 Å². The van der Waals surface area contributed by atoms with E-state index < -0.39 is 5.60 Å². The zero-order chi connectivity index (χ0) is 16.9. The first-order valence-electron chi connectivity index (χ1n) is 7.69. The van der Waals surface area contributed by atoms with Gasteiger partial charge in [-0.1, -0.05) is 42.5 Å². The van der Waals surface area contributed by atoms with Gasteiger partial charge in [-0.25, -0.2) is 0 Å². The Morgan fingerprint density at radius 2 is 1.83 bits per heavy atom. The van der Waals surface area contributed by atoms with Crippen LogP contribution < -0.4 is 10.2 Å². The lowest BCUT2D eigenvalue weighted by atomic mass is 9.92. The van der Waals surface area contributed by atoms with E-state index in [1.54, 1.807) is 6.92 Å². The van der Waals surface area contributed by atoms with Crippen LogP contribution in [0.15, 0.2) is 54.6 Å². The van der Waals surface area contributed by atoms with E-state index in [2.05, 4.69) is 5.32 Å². The summed E-state index contributed by atoms with van der Waals surface area (Å²) in [6, 6.07) is 17.3. The number of amides is 1. The van der Waals surface area contributed by atoms with Crippen LogP contribution in [-0.2, 0) is 16.9 Å². The van der Waals surface area contributed by atoms with Gasteiger partial charge in [0.1, 0.15) is 0 Å². The number of rotatable bonds is 6. The first-order valence-corrected chi connectivity index (χ1v) is 7.69. The highest BCUT2D eigenvalue weighted by molar-refractivity contribution is 5.77. The molecule has 4 nitrogen and oxygen atoms in total. The summed E-state index contributed by atoms with van der Waals surface area (Å²) in [4.78, 5) is 14.2. The summed E-state index contributed by atoms with van der Waals surface area (Å²) in [5.41, 5.74) is 1.69. The van der Waals surface area contributed by atoms with Crippen LogP contribution in [0.4, 0.5) is 5.69 Å². The standard InChI is InChI=1S/C19H24N2O2/c1-19(23,16-9-5-4-6-10-16)13-18(22)20-14-15-8-7-11-17(12-15)21(2)3/h4-12,23H,13-14H2,1-3H3,(H,20,22). The summed E-state index contributed by atoms with van der Waals surface area (Å²) < 4.78 is 0. The Kier molecular flexibility index (Phi) is 5.40. The molecule has 0 bridgehead atoms. The maximum absolute atomic E-state index is 12.1.